The van der Waals surface area contributed by atoms with E-state index in [4.69, 9.17) is 0 Å². The molecule has 1 aliphatic rings. The van der Waals surface area contributed by atoms with E-state index in [1.165, 1.54) is 12.1 Å². The van der Waals surface area contributed by atoms with E-state index in [1.807, 2.05) is 16.8 Å². The van der Waals surface area contributed by atoms with Crippen LogP contribution in [0.25, 0.3) is 0 Å². The first-order chi connectivity index (χ1) is 12.8. The standard InChI is InChI=1S/C19H19F3N2O2S/c20-19(21,22)16-4-2-15(3-5-16)18(26)24-10-8-23(9-11-24)17(25)6-1-14-7-12-27-13-14/h2-5,7,12-13H,1,6,8-11H2. The maximum Gasteiger partial charge on any atom is 0.416 e. The molecule has 2 aromatic rings. The largest absolute Gasteiger partial charge is 0.416 e. The van der Waals surface area contributed by atoms with Crippen molar-refractivity contribution in [2.75, 3.05) is 26.2 Å². The van der Waals surface area contributed by atoms with Gasteiger partial charge in [-0.3, -0.25) is 9.59 Å². The third-order valence-electron chi connectivity index (χ3n) is 4.59. The van der Waals surface area contributed by atoms with E-state index in [1.54, 1.807) is 21.1 Å². The van der Waals surface area contributed by atoms with Gasteiger partial charge in [0.25, 0.3) is 5.91 Å². The molecule has 2 amide bonds. The Labute approximate surface area is 159 Å². The van der Waals surface area contributed by atoms with Crippen LogP contribution in [0.2, 0.25) is 0 Å². The van der Waals surface area contributed by atoms with Crippen molar-refractivity contribution in [3.05, 3.63) is 57.8 Å². The average molecular weight is 396 g/mol. The fraction of sp³-hybridized carbons (Fsp3) is 0.368. The molecule has 0 unspecified atom stereocenters. The minimum Gasteiger partial charge on any atom is -0.339 e. The molecule has 0 spiro atoms. The van der Waals surface area contributed by atoms with E-state index < -0.39 is 11.7 Å². The van der Waals surface area contributed by atoms with Crippen LogP contribution >= 0.6 is 11.3 Å². The Morgan fingerprint density at radius 3 is 2.15 bits per heavy atom. The summed E-state index contributed by atoms with van der Waals surface area (Å²) in [6.07, 6.45) is -3.28. The number of hydrogen-bond acceptors (Lipinski definition) is 3. The van der Waals surface area contributed by atoms with Crippen molar-refractivity contribution in [2.24, 2.45) is 0 Å². The van der Waals surface area contributed by atoms with E-state index in [-0.39, 0.29) is 17.4 Å². The molecule has 1 aromatic heterocycles. The lowest BCUT2D eigenvalue weighted by molar-refractivity contribution is -0.137. The number of nitrogens with zero attached hydrogens (tertiary/aromatic N) is 2. The third kappa shape index (κ3) is 4.88. The van der Waals surface area contributed by atoms with Crippen LogP contribution in [-0.2, 0) is 17.4 Å². The van der Waals surface area contributed by atoms with Gasteiger partial charge in [0, 0.05) is 38.2 Å². The van der Waals surface area contributed by atoms with Crippen LogP contribution in [0.4, 0.5) is 13.2 Å². The molecule has 0 atom stereocenters. The summed E-state index contributed by atoms with van der Waals surface area (Å²) in [5.41, 5.74) is 0.588. The van der Waals surface area contributed by atoms with Gasteiger partial charge in [0.1, 0.15) is 0 Å². The molecule has 8 heteroatoms. The highest BCUT2D eigenvalue weighted by Gasteiger charge is 2.31. The summed E-state index contributed by atoms with van der Waals surface area (Å²) in [6.45, 7) is 1.64. The van der Waals surface area contributed by atoms with Gasteiger partial charge < -0.3 is 9.80 Å². The van der Waals surface area contributed by atoms with Gasteiger partial charge in [-0.2, -0.15) is 24.5 Å². The number of halogens is 3. The molecule has 0 N–H and O–H groups in total. The quantitative estimate of drug-likeness (QED) is 0.791. The van der Waals surface area contributed by atoms with E-state index in [9.17, 15) is 22.8 Å². The number of carbonyl (C=O) groups excluding carboxylic acids is 2. The second-order valence-corrected chi connectivity index (χ2v) is 7.16. The van der Waals surface area contributed by atoms with Gasteiger partial charge >= 0.3 is 6.18 Å². The van der Waals surface area contributed by atoms with Crippen LogP contribution in [0.3, 0.4) is 0 Å². The summed E-state index contributed by atoms with van der Waals surface area (Å²) in [7, 11) is 0. The Balaban J connectivity index is 1.51. The van der Waals surface area contributed by atoms with Crippen molar-refractivity contribution >= 4 is 23.2 Å². The van der Waals surface area contributed by atoms with Crippen LogP contribution in [0.1, 0.15) is 27.9 Å². The second-order valence-electron chi connectivity index (χ2n) is 6.38. The summed E-state index contributed by atoms with van der Waals surface area (Å²) in [6, 6.07) is 6.22. The highest BCUT2D eigenvalue weighted by atomic mass is 32.1. The van der Waals surface area contributed by atoms with E-state index in [2.05, 4.69) is 0 Å². The van der Waals surface area contributed by atoms with E-state index >= 15 is 0 Å². The summed E-state index contributed by atoms with van der Waals surface area (Å²) in [4.78, 5) is 28.1. The number of piperazine rings is 1. The molecule has 3 rings (SSSR count). The first-order valence-electron chi connectivity index (χ1n) is 8.60. The predicted octanol–water partition coefficient (Wildman–Crippen LogP) is 3.68. The topological polar surface area (TPSA) is 40.6 Å². The van der Waals surface area contributed by atoms with E-state index in [0.29, 0.717) is 39.0 Å². The zero-order valence-corrected chi connectivity index (χ0v) is 15.4. The molecule has 1 aromatic carbocycles. The van der Waals surface area contributed by atoms with Crippen LogP contribution in [0, 0.1) is 0 Å². The van der Waals surface area contributed by atoms with Gasteiger partial charge in [-0.05, 0) is 53.1 Å². The number of carbonyl (C=O) groups is 2. The Hall–Kier alpha value is -2.35. The summed E-state index contributed by atoms with van der Waals surface area (Å²) in [5.74, 6) is -0.253. The fourth-order valence-electron chi connectivity index (χ4n) is 2.99. The van der Waals surface area contributed by atoms with E-state index in [0.717, 1.165) is 17.7 Å². The van der Waals surface area contributed by atoms with Gasteiger partial charge in [-0.25, -0.2) is 0 Å². The van der Waals surface area contributed by atoms with Gasteiger partial charge in [0.2, 0.25) is 5.91 Å². The number of rotatable bonds is 4. The highest BCUT2D eigenvalue weighted by Crippen LogP contribution is 2.29. The van der Waals surface area contributed by atoms with Crippen molar-refractivity contribution in [3.8, 4) is 0 Å². The lowest BCUT2D eigenvalue weighted by Crippen LogP contribution is -2.50. The van der Waals surface area contributed by atoms with Crippen molar-refractivity contribution in [2.45, 2.75) is 19.0 Å². The number of hydrogen-bond donors (Lipinski definition) is 0. The highest BCUT2D eigenvalue weighted by molar-refractivity contribution is 7.07. The molecule has 4 nitrogen and oxygen atoms in total. The normalized spacial score (nSPS) is 15.1. The number of thiophene rings is 1. The van der Waals surface area contributed by atoms with Crippen molar-refractivity contribution < 1.29 is 22.8 Å². The van der Waals surface area contributed by atoms with Crippen LogP contribution in [0.15, 0.2) is 41.1 Å². The van der Waals surface area contributed by atoms with Crippen LogP contribution < -0.4 is 0 Å². The molecule has 1 saturated heterocycles. The fourth-order valence-corrected chi connectivity index (χ4v) is 3.69. The Bertz CT molecular complexity index is 780. The zero-order valence-electron chi connectivity index (χ0n) is 14.5. The molecule has 0 aliphatic carbocycles. The smallest absolute Gasteiger partial charge is 0.339 e. The molecule has 2 heterocycles. The molecule has 27 heavy (non-hydrogen) atoms. The zero-order chi connectivity index (χ0) is 19.4. The minimum atomic E-state index is -4.42. The lowest BCUT2D eigenvalue weighted by atomic mass is 10.1. The Morgan fingerprint density at radius 1 is 0.963 bits per heavy atom. The van der Waals surface area contributed by atoms with Gasteiger partial charge in [-0.15, -0.1) is 0 Å². The molecule has 0 saturated carbocycles. The van der Waals surface area contributed by atoms with Crippen LogP contribution in [-0.4, -0.2) is 47.8 Å². The molecular formula is C19H19F3N2O2S. The number of alkyl halides is 3. The molecule has 0 radical (unpaired) electrons. The Morgan fingerprint density at radius 2 is 1.59 bits per heavy atom. The van der Waals surface area contributed by atoms with Gasteiger partial charge in [-0.1, -0.05) is 0 Å². The van der Waals surface area contributed by atoms with Crippen molar-refractivity contribution in [3.63, 3.8) is 0 Å². The third-order valence-corrected chi connectivity index (χ3v) is 5.32. The summed E-state index contributed by atoms with van der Waals surface area (Å²) in [5, 5.41) is 4.00. The monoisotopic (exact) mass is 396 g/mol. The molecule has 1 fully saturated rings. The molecular weight excluding hydrogens is 377 g/mol. The predicted molar refractivity (Wildman–Crippen MR) is 96.6 cm³/mol. The molecule has 0 bridgehead atoms. The van der Waals surface area contributed by atoms with Gasteiger partial charge in [0.15, 0.2) is 0 Å². The minimum absolute atomic E-state index is 0.0582. The molecule has 144 valence electrons. The van der Waals surface area contributed by atoms with Crippen molar-refractivity contribution in [1.29, 1.82) is 0 Å². The first-order valence-corrected chi connectivity index (χ1v) is 9.54. The summed E-state index contributed by atoms with van der Waals surface area (Å²) < 4.78 is 37.8. The number of aryl methyl sites for hydroxylation is 1. The second kappa shape index (κ2) is 8.12. The Kier molecular flexibility index (Phi) is 5.84. The number of benzene rings is 1. The average Bonchev–Trinajstić information content (AvgIpc) is 3.19. The maximum absolute atomic E-state index is 12.6. The van der Waals surface area contributed by atoms with Crippen molar-refractivity contribution in [1.82, 2.24) is 9.80 Å². The van der Waals surface area contributed by atoms with Crippen LogP contribution in [0.5, 0.6) is 0 Å². The maximum atomic E-state index is 12.6. The summed E-state index contributed by atoms with van der Waals surface area (Å²) >= 11 is 1.60. The SMILES string of the molecule is O=C(CCc1ccsc1)N1CCN(C(=O)c2ccc(C(F)(F)F)cc2)CC1. The lowest BCUT2D eigenvalue weighted by Gasteiger charge is -2.35. The number of amides is 2. The molecule has 1 aliphatic heterocycles. The van der Waals surface area contributed by atoms with Gasteiger partial charge in [0.05, 0.1) is 5.56 Å². The first kappa shape index (κ1) is 19.4.